The van der Waals surface area contributed by atoms with Gasteiger partial charge in [-0.05, 0) is 32.4 Å². The molecule has 23 heavy (non-hydrogen) atoms. The minimum atomic E-state index is -0.948. The molecule has 2 atom stereocenters. The first-order valence-electron chi connectivity index (χ1n) is 7.69. The number of carbonyl (C=O) groups is 2. The van der Waals surface area contributed by atoms with Crippen molar-refractivity contribution in [2.75, 3.05) is 13.1 Å². The standard InChI is InChI=1S/C16H19F2N3O2/c1-16(14(22)19-15(23)20-16)11-5-3-7-21(9-11)8-10-4-2-6-12(17)13(10)18/h2,4,6,11H,3,5,7-9H2,1H3,(H2,19,20,22,23)/t11-,16+/m0/s1. The number of hydrogen-bond acceptors (Lipinski definition) is 3. The smallest absolute Gasteiger partial charge is 0.322 e. The molecule has 3 amide bonds. The number of nitrogens with one attached hydrogen (secondary N) is 2. The summed E-state index contributed by atoms with van der Waals surface area (Å²) in [4.78, 5) is 25.5. The maximum absolute atomic E-state index is 13.8. The molecule has 2 aliphatic rings. The van der Waals surface area contributed by atoms with Crippen molar-refractivity contribution in [1.29, 1.82) is 0 Å². The summed E-state index contributed by atoms with van der Waals surface area (Å²) < 4.78 is 27.1. The van der Waals surface area contributed by atoms with Gasteiger partial charge < -0.3 is 5.32 Å². The van der Waals surface area contributed by atoms with E-state index in [1.807, 2.05) is 4.90 Å². The van der Waals surface area contributed by atoms with Gasteiger partial charge >= 0.3 is 6.03 Å². The van der Waals surface area contributed by atoms with Gasteiger partial charge in [-0.3, -0.25) is 15.0 Å². The van der Waals surface area contributed by atoms with Gasteiger partial charge in [-0.25, -0.2) is 13.6 Å². The lowest BCUT2D eigenvalue weighted by atomic mass is 9.80. The van der Waals surface area contributed by atoms with E-state index >= 15 is 0 Å². The predicted molar refractivity (Wildman–Crippen MR) is 79.4 cm³/mol. The van der Waals surface area contributed by atoms with Crippen LogP contribution in [0, 0.1) is 17.6 Å². The van der Waals surface area contributed by atoms with Crippen molar-refractivity contribution in [2.24, 2.45) is 5.92 Å². The van der Waals surface area contributed by atoms with Crippen LogP contribution < -0.4 is 10.6 Å². The molecule has 0 spiro atoms. The van der Waals surface area contributed by atoms with Gasteiger partial charge in [0.15, 0.2) is 11.6 Å². The Morgan fingerprint density at radius 3 is 2.83 bits per heavy atom. The van der Waals surface area contributed by atoms with Gasteiger partial charge in [0.2, 0.25) is 0 Å². The van der Waals surface area contributed by atoms with Crippen LogP contribution in [-0.2, 0) is 11.3 Å². The Hall–Kier alpha value is -2.02. The molecule has 5 nitrogen and oxygen atoms in total. The fourth-order valence-electron chi connectivity index (χ4n) is 3.43. The molecule has 0 aliphatic carbocycles. The molecular weight excluding hydrogens is 304 g/mol. The molecule has 1 aromatic rings. The second-order valence-electron chi connectivity index (χ2n) is 6.40. The van der Waals surface area contributed by atoms with E-state index in [0.29, 0.717) is 12.1 Å². The summed E-state index contributed by atoms with van der Waals surface area (Å²) in [7, 11) is 0. The molecule has 124 valence electrons. The number of amides is 3. The van der Waals surface area contributed by atoms with Crippen molar-refractivity contribution in [3.05, 3.63) is 35.4 Å². The Kier molecular flexibility index (Phi) is 4.06. The van der Waals surface area contributed by atoms with E-state index in [9.17, 15) is 18.4 Å². The maximum atomic E-state index is 13.8. The lowest BCUT2D eigenvalue weighted by Crippen LogP contribution is -2.55. The first-order chi connectivity index (χ1) is 10.9. The minimum absolute atomic E-state index is 0.0701. The van der Waals surface area contributed by atoms with Crippen molar-refractivity contribution in [3.63, 3.8) is 0 Å². The van der Waals surface area contributed by atoms with Crippen molar-refractivity contribution in [3.8, 4) is 0 Å². The number of urea groups is 1. The van der Waals surface area contributed by atoms with Gasteiger partial charge in [0.1, 0.15) is 5.54 Å². The Balaban J connectivity index is 1.73. The molecule has 0 bridgehead atoms. The zero-order valence-corrected chi connectivity index (χ0v) is 12.9. The summed E-state index contributed by atoms with van der Waals surface area (Å²) in [6, 6.07) is 3.66. The van der Waals surface area contributed by atoms with Gasteiger partial charge in [-0.15, -0.1) is 0 Å². The Bertz CT molecular complexity index is 652. The Morgan fingerprint density at radius 2 is 2.13 bits per heavy atom. The first-order valence-corrected chi connectivity index (χ1v) is 7.69. The van der Waals surface area contributed by atoms with Crippen LogP contribution in [0.15, 0.2) is 18.2 Å². The van der Waals surface area contributed by atoms with Gasteiger partial charge in [-0.2, -0.15) is 0 Å². The highest BCUT2D eigenvalue weighted by Crippen LogP contribution is 2.30. The van der Waals surface area contributed by atoms with E-state index in [1.165, 1.54) is 6.07 Å². The van der Waals surface area contributed by atoms with Crippen molar-refractivity contribution < 1.29 is 18.4 Å². The lowest BCUT2D eigenvalue weighted by molar-refractivity contribution is -0.126. The van der Waals surface area contributed by atoms with Gasteiger partial charge in [-0.1, -0.05) is 12.1 Å². The zero-order chi connectivity index (χ0) is 16.6. The van der Waals surface area contributed by atoms with Crippen molar-refractivity contribution >= 4 is 11.9 Å². The monoisotopic (exact) mass is 323 g/mol. The Labute approximate surface area is 133 Å². The number of halogens is 2. The summed E-state index contributed by atoms with van der Waals surface area (Å²) in [5.74, 6) is -2.08. The second-order valence-corrected chi connectivity index (χ2v) is 6.40. The summed E-state index contributed by atoms with van der Waals surface area (Å²) in [6.07, 6.45) is 1.63. The summed E-state index contributed by atoms with van der Waals surface area (Å²) in [5, 5.41) is 4.96. The lowest BCUT2D eigenvalue weighted by Gasteiger charge is -2.39. The normalized spacial score (nSPS) is 28.6. The number of imide groups is 1. The molecule has 7 heteroatoms. The molecule has 0 unspecified atom stereocenters. The topological polar surface area (TPSA) is 61.4 Å². The van der Waals surface area contributed by atoms with E-state index < -0.39 is 23.2 Å². The number of benzene rings is 1. The molecule has 2 heterocycles. The van der Waals surface area contributed by atoms with Crippen LogP contribution in [0.25, 0.3) is 0 Å². The molecule has 1 aromatic carbocycles. The molecule has 0 aromatic heterocycles. The number of carbonyl (C=O) groups excluding carboxylic acids is 2. The average molecular weight is 323 g/mol. The highest BCUT2D eigenvalue weighted by Gasteiger charge is 2.48. The molecule has 3 rings (SSSR count). The highest BCUT2D eigenvalue weighted by atomic mass is 19.2. The average Bonchev–Trinajstić information content (AvgIpc) is 2.78. The number of hydrogen-bond donors (Lipinski definition) is 2. The maximum Gasteiger partial charge on any atom is 0.322 e. The van der Waals surface area contributed by atoms with E-state index in [2.05, 4.69) is 10.6 Å². The third kappa shape index (κ3) is 2.93. The van der Waals surface area contributed by atoms with E-state index in [1.54, 1.807) is 13.0 Å². The van der Waals surface area contributed by atoms with Crippen LogP contribution in [0.4, 0.5) is 13.6 Å². The molecular formula is C16H19F2N3O2. The number of rotatable bonds is 3. The summed E-state index contributed by atoms with van der Waals surface area (Å²) in [6.45, 7) is 3.29. The molecule has 2 N–H and O–H groups in total. The number of piperidine rings is 1. The number of nitrogens with zero attached hydrogens (tertiary/aromatic N) is 1. The molecule has 2 saturated heterocycles. The Morgan fingerprint density at radius 1 is 1.35 bits per heavy atom. The van der Waals surface area contributed by atoms with Crippen LogP contribution in [0.1, 0.15) is 25.3 Å². The quantitative estimate of drug-likeness (QED) is 0.834. The molecule has 0 saturated carbocycles. The summed E-state index contributed by atoms with van der Waals surface area (Å²) in [5.41, 5.74) is -0.647. The molecule has 2 aliphatic heterocycles. The first kappa shape index (κ1) is 15.9. The van der Waals surface area contributed by atoms with Crippen LogP contribution in [0.3, 0.4) is 0 Å². The summed E-state index contributed by atoms with van der Waals surface area (Å²) >= 11 is 0. The van der Waals surface area contributed by atoms with Crippen LogP contribution >= 0.6 is 0 Å². The zero-order valence-electron chi connectivity index (χ0n) is 12.9. The van der Waals surface area contributed by atoms with E-state index in [-0.39, 0.29) is 18.4 Å². The van der Waals surface area contributed by atoms with Crippen LogP contribution in [-0.4, -0.2) is 35.5 Å². The van der Waals surface area contributed by atoms with Gasteiger partial charge in [0, 0.05) is 24.6 Å². The predicted octanol–water partition coefficient (Wildman–Crippen LogP) is 1.77. The largest absolute Gasteiger partial charge is 0.323 e. The van der Waals surface area contributed by atoms with Crippen molar-refractivity contribution in [1.82, 2.24) is 15.5 Å². The SMILES string of the molecule is C[C@]1([C@H]2CCCN(Cc3cccc(F)c3F)C2)NC(=O)NC1=O. The van der Waals surface area contributed by atoms with Gasteiger partial charge in [0.25, 0.3) is 5.91 Å². The van der Waals surface area contributed by atoms with Gasteiger partial charge in [0.05, 0.1) is 0 Å². The minimum Gasteiger partial charge on any atom is -0.323 e. The van der Waals surface area contributed by atoms with E-state index in [0.717, 1.165) is 25.5 Å². The molecule has 2 fully saturated rings. The number of likely N-dealkylation sites (tertiary alicyclic amines) is 1. The van der Waals surface area contributed by atoms with Crippen LogP contribution in [0.2, 0.25) is 0 Å². The van der Waals surface area contributed by atoms with Crippen molar-refractivity contribution in [2.45, 2.75) is 31.8 Å². The van der Waals surface area contributed by atoms with E-state index in [4.69, 9.17) is 0 Å². The third-order valence-corrected chi connectivity index (χ3v) is 4.82. The third-order valence-electron chi connectivity index (χ3n) is 4.82. The molecule has 0 radical (unpaired) electrons. The fourth-order valence-corrected chi connectivity index (χ4v) is 3.43. The highest BCUT2D eigenvalue weighted by molar-refractivity contribution is 6.06. The van der Waals surface area contributed by atoms with Crippen LogP contribution in [0.5, 0.6) is 0 Å². The fraction of sp³-hybridized carbons (Fsp3) is 0.500. The second kappa shape index (κ2) is 5.88.